The third kappa shape index (κ3) is 6.06. The van der Waals surface area contributed by atoms with Gasteiger partial charge in [-0.3, -0.25) is 4.90 Å². The highest BCUT2D eigenvalue weighted by atomic mass is 32.2. The molecule has 1 aliphatic rings. The summed E-state index contributed by atoms with van der Waals surface area (Å²) in [7, 11) is -3.73. The average molecular weight is 420 g/mol. The van der Waals surface area contributed by atoms with E-state index in [1.165, 1.54) is 18.9 Å². The second kappa shape index (κ2) is 9.91. The minimum absolute atomic E-state index is 0.0927. The molecule has 0 saturated carbocycles. The maximum atomic E-state index is 11.5. The second-order valence-corrected chi connectivity index (χ2v) is 8.60. The van der Waals surface area contributed by atoms with Crippen LogP contribution in [0.5, 0.6) is 0 Å². The van der Waals surface area contributed by atoms with Crippen molar-refractivity contribution < 1.29 is 12.8 Å². The molecule has 0 amide bonds. The van der Waals surface area contributed by atoms with E-state index in [0.717, 1.165) is 31.0 Å². The molecule has 2 heterocycles. The Morgan fingerprint density at radius 3 is 2.69 bits per heavy atom. The Kier molecular flexibility index (Phi) is 7.29. The van der Waals surface area contributed by atoms with Crippen LogP contribution < -0.4 is 15.8 Å². The molecule has 1 aromatic heterocycles. The fourth-order valence-electron chi connectivity index (χ4n) is 3.47. The smallest absolute Gasteiger partial charge is 0.238 e. The number of aliphatic imine (C=N–C) groups is 1. The number of nitrogens with one attached hydrogen (secondary N) is 2. The maximum absolute atomic E-state index is 11.5. The Labute approximate surface area is 172 Å². The van der Waals surface area contributed by atoms with Crippen molar-refractivity contribution in [1.82, 2.24) is 15.5 Å². The number of likely N-dealkylation sites (tertiary alicyclic amines) is 1. The first-order valence-electron chi connectivity index (χ1n) is 9.88. The van der Waals surface area contributed by atoms with Crippen LogP contribution in [0.3, 0.4) is 0 Å². The van der Waals surface area contributed by atoms with E-state index in [0.29, 0.717) is 19.0 Å². The number of hydrogen-bond acceptors (Lipinski definition) is 5. The number of nitrogens with zero attached hydrogens (tertiary/aromatic N) is 2. The molecule has 1 atom stereocenters. The molecule has 0 bridgehead atoms. The van der Waals surface area contributed by atoms with Crippen LogP contribution in [0.4, 0.5) is 0 Å². The van der Waals surface area contributed by atoms with E-state index >= 15 is 0 Å². The highest BCUT2D eigenvalue weighted by molar-refractivity contribution is 7.89. The lowest BCUT2D eigenvalue weighted by Crippen LogP contribution is -2.42. The molecule has 4 N–H and O–H groups in total. The minimum atomic E-state index is -3.73. The number of nitrogens with two attached hydrogens (primary N) is 1. The van der Waals surface area contributed by atoms with Gasteiger partial charge in [0.25, 0.3) is 0 Å². The lowest BCUT2D eigenvalue weighted by molar-refractivity contribution is 0.215. The van der Waals surface area contributed by atoms with E-state index in [-0.39, 0.29) is 10.9 Å². The summed E-state index contributed by atoms with van der Waals surface area (Å²) < 4.78 is 28.8. The molecule has 9 heteroatoms. The highest BCUT2D eigenvalue weighted by Gasteiger charge is 2.25. The monoisotopic (exact) mass is 419 g/mol. The summed E-state index contributed by atoms with van der Waals surface area (Å²) in [4.78, 5) is 7.11. The Bertz CT molecular complexity index is 906. The third-order valence-electron chi connectivity index (χ3n) is 4.91. The third-order valence-corrected chi connectivity index (χ3v) is 5.82. The van der Waals surface area contributed by atoms with Crippen molar-refractivity contribution in [3.8, 4) is 0 Å². The Balaban J connectivity index is 1.69. The van der Waals surface area contributed by atoms with Crippen LogP contribution in [0.1, 0.15) is 37.1 Å². The molecular weight excluding hydrogens is 390 g/mol. The zero-order chi connectivity index (χ0) is 20.7. The number of primary sulfonamides is 1. The topological polar surface area (TPSA) is 113 Å². The Morgan fingerprint density at radius 1 is 1.24 bits per heavy atom. The molecule has 1 aliphatic heterocycles. The first-order valence-corrected chi connectivity index (χ1v) is 11.4. The van der Waals surface area contributed by atoms with Crippen LogP contribution in [-0.4, -0.2) is 45.5 Å². The Morgan fingerprint density at radius 2 is 2.03 bits per heavy atom. The van der Waals surface area contributed by atoms with Crippen molar-refractivity contribution in [3.05, 3.63) is 54.0 Å². The first kappa shape index (κ1) is 21.4. The van der Waals surface area contributed by atoms with Gasteiger partial charge in [0.2, 0.25) is 10.0 Å². The minimum Gasteiger partial charge on any atom is -0.468 e. The summed E-state index contributed by atoms with van der Waals surface area (Å²) >= 11 is 0. The van der Waals surface area contributed by atoms with E-state index in [2.05, 4.69) is 20.5 Å². The molecule has 0 spiro atoms. The number of guanidine groups is 1. The summed E-state index contributed by atoms with van der Waals surface area (Å²) in [5.74, 6) is 1.61. The van der Waals surface area contributed by atoms with Gasteiger partial charge in [-0.2, -0.15) is 0 Å². The fraction of sp³-hybridized carbons (Fsp3) is 0.450. The van der Waals surface area contributed by atoms with Gasteiger partial charge in [-0.15, -0.1) is 0 Å². The summed E-state index contributed by atoms with van der Waals surface area (Å²) in [5, 5.41) is 11.8. The predicted molar refractivity (Wildman–Crippen MR) is 113 cm³/mol. The summed E-state index contributed by atoms with van der Waals surface area (Å²) in [6.45, 7) is 5.84. The molecule has 3 rings (SSSR count). The van der Waals surface area contributed by atoms with Crippen molar-refractivity contribution in [2.45, 2.75) is 37.2 Å². The van der Waals surface area contributed by atoms with Crippen LogP contribution >= 0.6 is 0 Å². The van der Waals surface area contributed by atoms with Crippen LogP contribution in [-0.2, 0) is 16.6 Å². The van der Waals surface area contributed by atoms with Gasteiger partial charge in [0.05, 0.1) is 23.7 Å². The molecular formula is C20H29N5O3S. The quantitative estimate of drug-likeness (QED) is 0.444. The lowest BCUT2D eigenvalue weighted by Gasteiger charge is -2.26. The van der Waals surface area contributed by atoms with Gasteiger partial charge in [-0.25, -0.2) is 18.5 Å². The van der Waals surface area contributed by atoms with E-state index in [1.807, 2.05) is 25.1 Å². The van der Waals surface area contributed by atoms with E-state index in [4.69, 9.17) is 9.56 Å². The van der Waals surface area contributed by atoms with Crippen molar-refractivity contribution in [3.63, 3.8) is 0 Å². The van der Waals surface area contributed by atoms with Crippen LogP contribution in [0, 0.1) is 0 Å². The molecule has 1 saturated heterocycles. The summed E-state index contributed by atoms with van der Waals surface area (Å²) in [5.41, 5.74) is 0.774. The SMILES string of the molecule is CCNC(=NCc1cccc(S(N)(=O)=O)c1)NCC(c1ccco1)N1CCCC1. The van der Waals surface area contributed by atoms with Gasteiger partial charge >= 0.3 is 0 Å². The van der Waals surface area contributed by atoms with Crippen molar-refractivity contribution in [2.75, 3.05) is 26.2 Å². The van der Waals surface area contributed by atoms with E-state index < -0.39 is 10.0 Å². The molecule has 2 aromatic rings. The first-order chi connectivity index (χ1) is 14.0. The van der Waals surface area contributed by atoms with Gasteiger partial charge in [-0.05, 0) is 62.7 Å². The summed E-state index contributed by atoms with van der Waals surface area (Å²) in [6, 6.07) is 10.6. The maximum Gasteiger partial charge on any atom is 0.238 e. The lowest BCUT2D eigenvalue weighted by atomic mass is 10.2. The molecule has 1 fully saturated rings. The molecule has 1 aromatic carbocycles. The normalized spacial score (nSPS) is 16.7. The average Bonchev–Trinajstić information content (AvgIpc) is 3.40. The van der Waals surface area contributed by atoms with Gasteiger partial charge in [0.1, 0.15) is 5.76 Å². The van der Waals surface area contributed by atoms with Gasteiger partial charge in [0.15, 0.2) is 5.96 Å². The van der Waals surface area contributed by atoms with Crippen LogP contribution in [0.2, 0.25) is 0 Å². The molecule has 29 heavy (non-hydrogen) atoms. The number of sulfonamides is 1. The van der Waals surface area contributed by atoms with Gasteiger partial charge in [0, 0.05) is 13.1 Å². The zero-order valence-electron chi connectivity index (χ0n) is 16.7. The van der Waals surface area contributed by atoms with E-state index in [9.17, 15) is 8.42 Å². The molecule has 158 valence electrons. The predicted octanol–water partition coefficient (Wildman–Crippen LogP) is 1.82. The largest absolute Gasteiger partial charge is 0.468 e. The molecule has 1 unspecified atom stereocenters. The number of hydrogen-bond donors (Lipinski definition) is 3. The molecule has 8 nitrogen and oxygen atoms in total. The van der Waals surface area contributed by atoms with Crippen LogP contribution in [0.25, 0.3) is 0 Å². The van der Waals surface area contributed by atoms with Crippen molar-refractivity contribution in [1.29, 1.82) is 0 Å². The van der Waals surface area contributed by atoms with Crippen molar-refractivity contribution in [2.24, 2.45) is 10.1 Å². The zero-order valence-corrected chi connectivity index (χ0v) is 17.5. The molecule has 0 radical (unpaired) electrons. The van der Waals surface area contributed by atoms with E-state index in [1.54, 1.807) is 18.4 Å². The standard InChI is InChI=1S/C20H29N5O3S/c1-2-22-20(23-14-16-7-5-8-17(13-16)29(21,26)27)24-15-18(19-9-6-12-28-19)25-10-3-4-11-25/h5-9,12-13,18H,2-4,10-11,14-15H2,1H3,(H2,21,26,27)(H2,22,23,24). The molecule has 0 aliphatic carbocycles. The van der Waals surface area contributed by atoms with Crippen molar-refractivity contribution >= 4 is 16.0 Å². The summed E-state index contributed by atoms with van der Waals surface area (Å²) in [6.07, 6.45) is 4.10. The number of rotatable bonds is 8. The highest BCUT2D eigenvalue weighted by Crippen LogP contribution is 2.24. The fourth-order valence-corrected chi connectivity index (χ4v) is 4.05. The number of benzene rings is 1. The number of furan rings is 1. The van der Waals surface area contributed by atoms with Gasteiger partial charge < -0.3 is 15.1 Å². The van der Waals surface area contributed by atoms with Gasteiger partial charge in [-0.1, -0.05) is 12.1 Å². The Hall–Kier alpha value is -2.36. The second-order valence-electron chi connectivity index (χ2n) is 7.04. The van der Waals surface area contributed by atoms with Crippen LogP contribution in [0.15, 0.2) is 57.0 Å².